The predicted molar refractivity (Wildman–Crippen MR) is 77.8 cm³/mol. The summed E-state index contributed by atoms with van der Waals surface area (Å²) in [4.78, 5) is 9.37. The lowest BCUT2D eigenvalue weighted by Gasteiger charge is -2.46. The van der Waals surface area contributed by atoms with Gasteiger partial charge in [-0.2, -0.15) is 0 Å². The lowest BCUT2D eigenvalue weighted by molar-refractivity contribution is 0.146. The fourth-order valence-electron chi connectivity index (χ4n) is 2.90. The van der Waals surface area contributed by atoms with Crippen LogP contribution in [0.25, 0.3) is 11.0 Å². The molecule has 0 spiro atoms. The van der Waals surface area contributed by atoms with E-state index >= 15 is 0 Å². The molecular weight excluding hydrogens is 252 g/mol. The van der Waals surface area contributed by atoms with Gasteiger partial charge in [-0.1, -0.05) is 12.1 Å². The monoisotopic (exact) mass is 270 g/mol. The topological polar surface area (TPSA) is 57.2 Å². The molecule has 6 nitrogen and oxygen atoms in total. The number of rotatable bonds is 2. The van der Waals surface area contributed by atoms with Crippen molar-refractivity contribution in [3.63, 3.8) is 0 Å². The van der Waals surface area contributed by atoms with Gasteiger partial charge in [0.2, 0.25) is 5.95 Å². The SMILES string of the molecule is c1ccc2nc(N3CC(N4CCNCC4)C3)nnc2c1. The second kappa shape index (κ2) is 4.96. The van der Waals surface area contributed by atoms with Crippen LogP contribution in [-0.2, 0) is 0 Å². The molecule has 3 heterocycles. The third kappa shape index (κ3) is 2.10. The molecule has 2 aromatic rings. The lowest BCUT2D eigenvalue weighted by atomic mass is 10.1. The molecule has 4 rings (SSSR count). The normalized spacial score (nSPS) is 21.1. The Balaban J connectivity index is 1.46. The summed E-state index contributed by atoms with van der Waals surface area (Å²) >= 11 is 0. The molecule has 0 amide bonds. The Morgan fingerprint density at radius 3 is 2.55 bits per heavy atom. The molecule has 2 saturated heterocycles. The maximum atomic E-state index is 4.60. The van der Waals surface area contributed by atoms with E-state index in [1.165, 1.54) is 0 Å². The zero-order chi connectivity index (χ0) is 13.4. The molecule has 6 heteroatoms. The van der Waals surface area contributed by atoms with Crippen molar-refractivity contribution in [1.82, 2.24) is 25.4 Å². The Morgan fingerprint density at radius 2 is 1.75 bits per heavy atom. The summed E-state index contributed by atoms with van der Waals surface area (Å²) in [6, 6.07) is 8.52. The van der Waals surface area contributed by atoms with E-state index in [1.54, 1.807) is 0 Å². The molecular formula is C14H18N6. The van der Waals surface area contributed by atoms with E-state index in [0.717, 1.165) is 56.3 Å². The Bertz CT molecular complexity index is 603. The van der Waals surface area contributed by atoms with Gasteiger partial charge in [0.05, 0.1) is 5.52 Å². The van der Waals surface area contributed by atoms with Crippen molar-refractivity contribution in [3.8, 4) is 0 Å². The summed E-state index contributed by atoms with van der Waals surface area (Å²) in [7, 11) is 0. The van der Waals surface area contributed by atoms with Crippen LogP contribution in [0.15, 0.2) is 24.3 Å². The molecule has 0 saturated carbocycles. The Morgan fingerprint density at radius 1 is 1.00 bits per heavy atom. The number of nitrogens with zero attached hydrogens (tertiary/aromatic N) is 5. The summed E-state index contributed by atoms with van der Waals surface area (Å²) in [6.07, 6.45) is 0. The molecule has 2 fully saturated rings. The number of hydrogen-bond donors (Lipinski definition) is 1. The molecule has 1 aromatic heterocycles. The molecule has 2 aliphatic heterocycles. The van der Waals surface area contributed by atoms with E-state index in [4.69, 9.17) is 0 Å². The van der Waals surface area contributed by atoms with Gasteiger partial charge in [-0.3, -0.25) is 4.90 Å². The Kier molecular flexibility index (Phi) is 2.97. The van der Waals surface area contributed by atoms with E-state index in [2.05, 4.69) is 30.3 Å². The largest absolute Gasteiger partial charge is 0.336 e. The van der Waals surface area contributed by atoms with Gasteiger partial charge in [0.25, 0.3) is 0 Å². The fourth-order valence-corrected chi connectivity index (χ4v) is 2.90. The molecule has 2 aliphatic rings. The molecule has 0 unspecified atom stereocenters. The Labute approximate surface area is 117 Å². The molecule has 0 aliphatic carbocycles. The highest BCUT2D eigenvalue weighted by molar-refractivity contribution is 5.74. The number of para-hydroxylation sites is 1. The first-order valence-electron chi connectivity index (χ1n) is 7.19. The van der Waals surface area contributed by atoms with Gasteiger partial charge in [-0.05, 0) is 12.1 Å². The second-order valence-electron chi connectivity index (χ2n) is 5.45. The first-order chi connectivity index (χ1) is 9.90. The standard InChI is InChI=1S/C14H18N6/c1-2-4-13-12(3-1)16-14(18-17-13)20-9-11(10-20)19-7-5-15-6-8-19/h1-4,11,15H,5-10H2. The van der Waals surface area contributed by atoms with Crippen LogP contribution in [0.2, 0.25) is 0 Å². The first kappa shape index (κ1) is 12.0. The molecule has 0 radical (unpaired) electrons. The quantitative estimate of drug-likeness (QED) is 0.836. The minimum Gasteiger partial charge on any atom is -0.336 e. The number of fused-ring (bicyclic) bond motifs is 1. The van der Waals surface area contributed by atoms with Crippen molar-refractivity contribution in [2.75, 3.05) is 44.2 Å². The fraction of sp³-hybridized carbons (Fsp3) is 0.500. The highest BCUT2D eigenvalue weighted by Crippen LogP contribution is 2.21. The summed E-state index contributed by atoms with van der Waals surface area (Å²) in [5, 5.41) is 11.9. The van der Waals surface area contributed by atoms with Crippen molar-refractivity contribution in [2.24, 2.45) is 0 Å². The van der Waals surface area contributed by atoms with E-state index in [-0.39, 0.29) is 0 Å². The molecule has 0 bridgehead atoms. The van der Waals surface area contributed by atoms with Gasteiger partial charge in [0.1, 0.15) is 5.52 Å². The molecule has 1 aromatic carbocycles. The average Bonchev–Trinajstić information content (AvgIpc) is 2.47. The number of piperazine rings is 1. The first-order valence-corrected chi connectivity index (χ1v) is 7.19. The smallest absolute Gasteiger partial charge is 0.246 e. The van der Waals surface area contributed by atoms with E-state index < -0.39 is 0 Å². The van der Waals surface area contributed by atoms with Crippen LogP contribution in [0.4, 0.5) is 5.95 Å². The third-order valence-electron chi connectivity index (χ3n) is 4.16. The summed E-state index contributed by atoms with van der Waals surface area (Å²) in [5.74, 6) is 0.759. The number of nitrogens with one attached hydrogen (secondary N) is 1. The van der Waals surface area contributed by atoms with Crippen molar-refractivity contribution in [1.29, 1.82) is 0 Å². The van der Waals surface area contributed by atoms with Gasteiger partial charge >= 0.3 is 0 Å². The summed E-state index contributed by atoms with van der Waals surface area (Å²) in [5.41, 5.74) is 1.78. The van der Waals surface area contributed by atoms with Crippen molar-refractivity contribution in [2.45, 2.75) is 6.04 Å². The summed E-state index contributed by atoms with van der Waals surface area (Å²) in [6.45, 7) is 6.53. The van der Waals surface area contributed by atoms with Gasteiger partial charge in [0, 0.05) is 45.3 Å². The van der Waals surface area contributed by atoms with Crippen molar-refractivity contribution >= 4 is 17.0 Å². The highest BCUT2D eigenvalue weighted by atomic mass is 15.4. The van der Waals surface area contributed by atoms with E-state index in [1.807, 2.05) is 24.3 Å². The van der Waals surface area contributed by atoms with Gasteiger partial charge in [0.15, 0.2) is 0 Å². The second-order valence-corrected chi connectivity index (χ2v) is 5.45. The maximum absolute atomic E-state index is 4.60. The van der Waals surface area contributed by atoms with Crippen LogP contribution < -0.4 is 10.2 Å². The van der Waals surface area contributed by atoms with Gasteiger partial charge < -0.3 is 10.2 Å². The van der Waals surface area contributed by atoms with Crippen LogP contribution in [0, 0.1) is 0 Å². The zero-order valence-corrected chi connectivity index (χ0v) is 11.4. The van der Waals surface area contributed by atoms with Crippen LogP contribution in [0.3, 0.4) is 0 Å². The zero-order valence-electron chi connectivity index (χ0n) is 11.4. The Hall–Kier alpha value is -1.79. The maximum Gasteiger partial charge on any atom is 0.246 e. The minimum atomic E-state index is 0.646. The van der Waals surface area contributed by atoms with Crippen LogP contribution in [0.5, 0.6) is 0 Å². The minimum absolute atomic E-state index is 0.646. The average molecular weight is 270 g/mol. The van der Waals surface area contributed by atoms with Crippen molar-refractivity contribution < 1.29 is 0 Å². The number of anilines is 1. The molecule has 20 heavy (non-hydrogen) atoms. The number of hydrogen-bond acceptors (Lipinski definition) is 6. The molecule has 104 valence electrons. The highest BCUT2D eigenvalue weighted by Gasteiger charge is 2.33. The van der Waals surface area contributed by atoms with Crippen LogP contribution in [0.1, 0.15) is 0 Å². The van der Waals surface area contributed by atoms with Crippen LogP contribution >= 0.6 is 0 Å². The van der Waals surface area contributed by atoms with E-state index in [0.29, 0.717) is 6.04 Å². The molecule has 0 atom stereocenters. The van der Waals surface area contributed by atoms with Gasteiger partial charge in [-0.25, -0.2) is 4.98 Å². The van der Waals surface area contributed by atoms with Crippen LogP contribution in [-0.4, -0.2) is 65.4 Å². The van der Waals surface area contributed by atoms with Gasteiger partial charge in [-0.15, -0.1) is 10.2 Å². The lowest BCUT2D eigenvalue weighted by Crippen LogP contribution is -2.63. The van der Waals surface area contributed by atoms with E-state index in [9.17, 15) is 0 Å². The third-order valence-corrected chi connectivity index (χ3v) is 4.16. The number of benzene rings is 1. The van der Waals surface area contributed by atoms with Crippen molar-refractivity contribution in [3.05, 3.63) is 24.3 Å². The predicted octanol–water partition coefficient (Wildman–Crippen LogP) is 0.119. The molecule has 1 N–H and O–H groups in total. The summed E-state index contributed by atoms with van der Waals surface area (Å²) < 4.78 is 0. The number of aromatic nitrogens is 3.